The van der Waals surface area contributed by atoms with Gasteiger partial charge in [-0.15, -0.1) is 0 Å². The first-order valence-corrected chi connectivity index (χ1v) is 5.28. The molecule has 0 amide bonds. The quantitative estimate of drug-likeness (QED) is 0.606. The second-order valence-corrected chi connectivity index (χ2v) is 4.13. The SMILES string of the molecule is O=c1n2ccc3cccc(c[n+]1CC(F)(F)F)c32. The highest BCUT2D eigenvalue weighted by Gasteiger charge is 2.33. The molecule has 0 bridgehead atoms. The zero-order chi connectivity index (χ0) is 12.9. The third-order valence-corrected chi connectivity index (χ3v) is 2.84. The van der Waals surface area contributed by atoms with Crippen LogP contribution in [0.3, 0.4) is 0 Å². The third-order valence-electron chi connectivity index (χ3n) is 2.84. The van der Waals surface area contributed by atoms with Gasteiger partial charge in [0.15, 0.2) is 12.1 Å². The summed E-state index contributed by atoms with van der Waals surface area (Å²) in [5, 5.41) is 1.45. The van der Waals surface area contributed by atoms with Gasteiger partial charge in [-0.05, 0) is 12.1 Å². The van der Waals surface area contributed by atoms with Gasteiger partial charge in [0.25, 0.3) is 0 Å². The van der Waals surface area contributed by atoms with E-state index < -0.39 is 18.4 Å². The summed E-state index contributed by atoms with van der Waals surface area (Å²) in [6.07, 6.45) is -1.67. The molecule has 3 nitrogen and oxygen atoms in total. The monoisotopic (exact) mass is 253 g/mol. The minimum absolute atomic E-state index is 0.612. The van der Waals surface area contributed by atoms with Crippen molar-refractivity contribution in [1.29, 1.82) is 0 Å². The summed E-state index contributed by atoms with van der Waals surface area (Å²) >= 11 is 0. The molecule has 0 N–H and O–H groups in total. The molecule has 0 saturated carbocycles. The number of halogens is 3. The molecular formula is C12H8F3N2O+. The first-order chi connectivity index (χ1) is 8.46. The molecule has 92 valence electrons. The van der Waals surface area contributed by atoms with Crippen molar-refractivity contribution in [2.45, 2.75) is 12.7 Å². The fraction of sp³-hybridized carbons (Fsp3) is 0.167. The fourth-order valence-corrected chi connectivity index (χ4v) is 2.15. The summed E-state index contributed by atoms with van der Waals surface area (Å²) in [6.45, 7) is -1.28. The van der Waals surface area contributed by atoms with Crippen LogP contribution in [-0.2, 0) is 6.54 Å². The lowest BCUT2D eigenvalue weighted by molar-refractivity contribution is -0.734. The Morgan fingerprint density at radius 3 is 2.61 bits per heavy atom. The number of rotatable bonds is 1. The molecule has 18 heavy (non-hydrogen) atoms. The first-order valence-electron chi connectivity index (χ1n) is 5.28. The molecule has 0 spiro atoms. The molecule has 6 heteroatoms. The van der Waals surface area contributed by atoms with Crippen LogP contribution in [0.15, 0.2) is 41.5 Å². The molecule has 0 aliphatic heterocycles. The van der Waals surface area contributed by atoms with E-state index in [2.05, 4.69) is 0 Å². The highest BCUT2D eigenvalue weighted by molar-refractivity contribution is 5.95. The second kappa shape index (κ2) is 3.44. The largest absolute Gasteiger partial charge is 0.503 e. The van der Waals surface area contributed by atoms with E-state index in [-0.39, 0.29) is 0 Å². The Hall–Kier alpha value is -2.11. The first kappa shape index (κ1) is 11.0. The number of benzene rings is 1. The molecule has 0 unspecified atom stereocenters. The van der Waals surface area contributed by atoms with Crippen LogP contribution in [0, 0.1) is 0 Å². The second-order valence-electron chi connectivity index (χ2n) is 4.13. The normalized spacial score (nSPS) is 12.6. The summed E-state index contributed by atoms with van der Waals surface area (Å²) in [5.41, 5.74) is -0.0260. The van der Waals surface area contributed by atoms with Gasteiger partial charge in [-0.3, -0.25) is 0 Å². The molecule has 0 aliphatic rings. The average Bonchev–Trinajstić information content (AvgIpc) is 2.69. The van der Waals surface area contributed by atoms with Gasteiger partial charge in [0.05, 0.1) is 5.39 Å². The Kier molecular flexibility index (Phi) is 2.10. The van der Waals surface area contributed by atoms with Crippen LogP contribution in [-0.4, -0.2) is 10.6 Å². The lowest BCUT2D eigenvalue weighted by atomic mass is 10.2. The fourth-order valence-electron chi connectivity index (χ4n) is 2.15. The standard InChI is InChI=1S/C12H8F3N2O/c13-12(14,15)7-16-6-9-3-1-2-8-4-5-17(10(8)9)11(16)18/h1-6H,7H2/q+1. The Bertz CT molecular complexity index is 776. The topological polar surface area (TPSA) is 25.4 Å². The molecule has 0 saturated heterocycles. The number of hydrogen-bond donors (Lipinski definition) is 0. The molecular weight excluding hydrogens is 245 g/mol. The molecule has 3 aromatic rings. The maximum Gasteiger partial charge on any atom is 0.503 e. The smallest absolute Gasteiger partial charge is 0.196 e. The Balaban J connectivity index is 2.35. The summed E-state index contributed by atoms with van der Waals surface area (Å²) in [4.78, 5) is 11.9. The van der Waals surface area contributed by atoms with Crippen LogP contribution in [0.1, 0.15) is 0 Å². The molecule has 0 fully saturated rings. The van der Waals surface area contributed by atoms with Crippen LogP contribution >= 0.6 is 0 Å². The maximum atomic E-state index is 12.4. The Morgan fingerprint density at radius 1 is 1.17 bits per heavy atom. The number of nitrogens with zero attached hydrogens (tertiary/aromatic N) is 2. The van der Waals surface area contributed by atoms with Gasteiger partial charge in [0.2, 0.25) is 0 Å². The number of para-hydroxylation sites is 1. The highest BCUT2D eigenvalue weighted by atomic mass is 19.4. The van der Waals surface area contributed by atoms with Crippen LogP contribution < -0.4 is 10.3 Å². The van der Waals surface area contributed by atoms with Crippen LogP contribution in [0.4, 0.5) is 13.2 Å². The van der Waals surface area contributed by atoms with Crippen LogP contribution in [0.25, 0.3) is 16.3 Å². The van der Waals surface area contributed by atoms with Gasteiger partial charge in [-0.25, -0.2) is 0 Å². The van der Waals surface area contributed by atoms with Crippen molar-refractivity contribution in [3.8, 4) is 0 Å². The summed E-state index contributed by atoms with van der Waals surface area (Å²) < 4.78 is 39.1. The van der Waals surface area contributed by atoms with Crippen molar-refractivity contribution in [3.05, 3.63) is 47.1 Å². The molecule has 0 aliphatic carbocycles. The van der Waals surface area contributed by atoms with E-state index in [1.165, 1.54) is 16.8 Å². The predicted molar refractivity (Wildman–Crippen MR) is 58.6 cm³/mol. The van der Waals surface area contributed by atoms with Crippen LogP contribution in [0.2, 0.25) is 0 Å². The van der Waals surface area contributed by atoms with Crippen molar-refractivity contribution in [2.24, 2.45) is 0 Å². The van der Waals surface area contributed by atoms with E-state index >= 15 is 0 Å². The Morgan fingerprint density at radius 2 is 1.89 bits per heavy atom. The molecule has 3 rings (SSSR count). The van der Waals surface area contributed by atoms with Crippen molar-refractivity contribution < 1.29 is 17.7 Å². The van der Waals surface area contributed by atoms with E-state index in [1.54, 1.807) is 18.2 Å². The number of alkyl halides is 3. The third kappa shape index (κ3) is 1.61. The number of aromatic nitrogens is 2. The number of hydrogen-bond acceptors (Lipinski definition) is 1. The lowest BCUT2D eigenvalue weighted by Gasteiger charge is -2.04. The van der Waals surface area contributed by atoms with Gasteiger partial charge in [-0.2, -0.15) is 26.9 Å². The van der Waals surface area contributed by atoms with Crippen molar-refractivity contribution in [1.82, 2.24) is 4.40 Å². The van der Waals surface area contributed by atoms with E-state index in [0.717, 1.165) is 5.39 Å². The lowest BCUT2D eigenvalue weighted by Crippen LogP contribution is -2.56. The van der Waals surface area contributed by atoms with Gasteiger partial charge in [0, 0.05) is 5.39 Å². The van der Waals surface area contributed by atoms with Crippen molar-refractivity contribution >= 4 is 16.3 Å². The van der Waals surface area contributed by atoms with E-state index in [9.17, 15) is 18.0 Å². The molecule has 0 radical (unpaired) electrons. The predicted octanol–water partition coefficient (Wildman–Crippen LogP) is 1.74. The molecule has 2 heterocycles. The van der Waals surface area contributed by atoms with E-state index in [1.807, 2.05) is 6.07 Å². The zero-order valence-corrected chi connectivity index (χ0v) is 9.11. The highest BCUT2D eigenvalue weighted by Crippen LogP contribution is 2.19. The summed E-state index contributed by atoms with van der Waals surface area (Å²) in [6, 6.07) is 6.96. The minimum Gasteiger partial charge on any atom is -0.196 e. The average molecular weight is 253 g/mol. The van der Waals surface area contributed by atoms with Gasteiger partial charge in [0.1, 0.15) is 12.4 Å². The zero-order valence-electron chi connectivity index (χ0n) is 9.11. The van der Waals surface area contributed by atoms with Gasteiger partial charge in [-0.1, -0.05) is 12.1 Å². The van der Waals surface area contributed by atoms with E-state index in [0.29, 0.717) is 15.5 Å². The molecule has 1 aromatic carbocycles. The van der Waals surface area contributed by atoms with Gasteiger partial charge >= 0.3 is 11.9 Å². The van der Waals surface area contributed by atoms with E-state index in [4.69, 9.17) is 0 Å². The minimum atomic E-state index is -4.41. The molecule has 2 aromatic heterocycles. The maximum absolute atomic E-state index is 12.4. The van der Waals surface area contributed by atoms with Gasteiger partial charge < -0.3 is 0 Å². The summed E-state index contributed by atoms with van der Waals surface area (Å²) in [5.74, 6) is 0. The van der Waals surface area contributed by atoms with Crippen LogP contribution in [0.5, 0.6) is 0 Å². The Labute approximate surface area is 99.0 Å². The van der Waals surface area contributed by atoms with Crippen molar-refractivity contribution in [2.75, 3.05) is 0 Å². The molecule has 0 atom stereocenters. The summed E-state index contributed by atoms with van der Waals surface area (Å²) in [7, 11) is 0. The van der Waals surface area contributed by atoms with Crippen molar-refractivity contribution in [3.63, 3.8) is 0 Å².